The minimum absolute atomic E-state index is 0.0213. The van der Waals surface area contributed by atoms with Gasteiger partial charge in [-0.05, 0) is 55.9 Å². The van der Waals surface area contributed by atoms with E-state index in [1.807, 2.05) is 50.4 Å². The van der Waals surface area contributed by atoms with Crippen molar-refractivity contribution in [1.29, 1.82) is 0 Å². The predicted molar refractivity (Wildman–Crippen MR) is 118 cm³/mol. The highest BCUT2D eigenvalue weighted by molar-refractivity contribution is 9.10. The smallest absolute Gasteiger partial charge is 0.193 e. The zero-order valence-electron chi connectivity index (χ0n) is 15.6. The van der Waals surface area contributed by atoms with Crippen molar-refractivity contribution in [1.82, 2.24) is 4.90 Å². The fourth-order valence-corrected chi connectivity index (χ4v) is 3.07. The first-order chi connectivity index (χ1) is 12.9. The minimum atomic E-state index is -0.0213. The molecule has 0 aromatic heterocycles. The number of hydrogen-bond acceptors (Lipinski definition) is 4. The van der Waals surface area contributed by atoms with Crippen LogP contribution in [0.15, 0.2) is 70.6 Å². The number of rotatable bonds is 9. The van der Waals surface area contributed by atoms with Crippen LogP contribution in [0, 0.1) is 6.92 Å². The molecule has 0 N–H and O–H groups in total. The first-order valence-electron chi connectivity index (χ1n) is 8.64. The number of thiol groups is 1. The molecule has 27 heavy (non-hydrogen) atoms. The van der Waals surface area contributed by atoms with Crippen LogP contribution >= 0.6 is 28.6 Å². The third-order valence-electron chi connectivity index (χ3n) is 4.10. The number of likely N-dealkylation sites (N-methyl/N-ethyl adjacent to an activating group) is 1. The van der Waals surface area contributed by atoms with Gasteiger partial charge in [0.05, 0.1) is 0 Å². The number of carbonyl (C=O) groups excluding carboxylic acids is 1. The van der Waals surface area contributed by atoms with E-state index in [9.17, 15) is 4.79 Å². The second-order valence-corrected chi connectivity index (χ2v) is 7.58. The maximum atomic E-state index is 12.7. The van der Waals surface area contributed by atoms with Crippen molar-refractivity contribution in [3.05, 3.63) is 82.4 Å². The van der Waals surface area contributed by atoms with Gasteiger partial charge in [-0.1, -0.05) is 34.2 Å². The van der Waals surface area contributed by atoms with E-state index in [4.69, 9.17) is 4.74 Å². The van der Waals surface area contributed by atoms with Crippen molar-refractivity contribution >= 4 is 34.3 Å². The SMILES string of the molecule is C=CCN(C)C/C=C/COc1ccc(C(=O)c2ccc(Br)cc2)c(C)c1S. The average molecular weight is 446 g/mol. The van der Waals surface area contributed by atoms with Gasteiger partial charge < -0.3 is 4.74 Å². The van der Waals surface area contributed by atoms with Crippen LogP contribution in [0.25, 0.3) is 0 Å². The normalized spacial score (nSPS) is 11.1. The van der Waals surface area contributed by atoms with E-state index in [1.54, 1.807) is 12.1 Å². The lowest BCUT2D eigenvalue weighted by atomic mass is 9.99. The van der Waals surface area contributed by atoms with Crippen LogP contribution in [-0.2, 0) is 0 Å². The molecular formula is C22H24BrNO2S. The summed E-state index contributed by atoms with van der Waals surface area (Å²) in [4.78, 5) is 15.6. The Labute approximate surface area is 175 Å². The second kappa shape index (κ2) is 10.5. The number of hydrogen-bond donors (Lipinski definition) is 1. The number of carbonyl (C=O) groups is 1. The average Bonchev–Trinajstić information content (AvgIpc) is 2.65. The third kappa shape index (κ3) is 6.09. The number of ketones is 1. The Kier molecular flexibility index (Phi) is 8.35. The summed E-state index contributed by atoms with van der Waals surface area (Å²) in [7, 11) is 2.03. The summed E-state index contributed by atoms with van der Waals surface area (Å²) in [5.41, 5.74) is 2.10. The Balaban J connectivity index is 2.04. The first-order valence-corrected chi connectivity index (χ1v) is 9.88. The van der Waals surface area contributed by atoms with Crippen molar-refractivity contribution < 1.29 is 9.53 Å². The maximum absolute atomic E-state index is 12.7. The highest BCUT2D eigenvalue weighted by Crippen LogP contribution is 2.30. The predicted octanol–water partition coefficient (Wildman–Crippen LogP) is 5.33. The topological polar surface area (TPSA) is 29.5 Å². The summed E-state index contributed by atoms with van der Waals surface area (Å²) in [5, 5.41) is 0. The molecule has 0 bridgehead atoms. The Morgan fingerprint density at radius 2 is 1.89 bits per heavy atom. The molecule has 142 valence electrons. The summed E-state index contributed by atoms with van der Waals surface area (Å²) in [6, 6.07) is 10.9. The molecule has 0 amide bonds. The van der Waals surface area contributed by atoms with Gasteiger partial charge in [-0.25, -0.2) is 0 Å². The van der Waals surface area contributed by atoms with Crippen molar-refractivity contribution in [3.63, 3.8) is 0 Å². The fraction of sp³-hybridized carbons (Fsp3) is 0.227. The molecule has 0 aliphatic carbocycles. The highest BCUT2D eigenvalue weighted by atomic mass is 79.9. The Morgan fingerprint density at radius 1 is 1.19 bits per heavy atom. The van der Waals surface area contributed by atoms with E-state index in [2.05, 4.69) is 46.1 Å². The lowest BCUT2D eigenvalue weighted by Crippen LogP contribution is -2.17. The van der Waals surface area contributed by atoms with Crippen LogP contribution in [0.1, 0.15) is 21.5 Å². The van der Waals surface area contributed by atoms with Crippen LogP contribution in [0.5, 0.6) is 5.75 Å². The van der Waals surface area contributed by atoms with Crippen molar-refractivity contribution in [2.75, 3.05) is 26.7 Å². The lowest BCUT2D eigenvalue weighted by molar-refractivity contribution is 0.103. The van der Waals surface area contributed by atoms with Crippen LogP contribution in [0.2, 0.25) is 0 Å². The Morgan fingerprint density at radius 3 is 2.56 bits per heavy atom. The molecule has 2 aromatic rings. The summed E-state index contributed by atoms with van der Waals surface area (Å²) >= 11 is 7.95. The molecule has 3 nitrogen and oxygen atoms in total. The van der Waals surface area contributed by atoms with Gasteiger partial charge in [-0.3, -0.25) is 9.69 Å². The lowest BCUT2D eigenvalue weighted by Gasteiger charge is -2.13. The van der Waals surface area contributed by atoms with Crippen LogP contribution in [0.4, 0.5) is 0 Å². The molecule has 0 spiro atoms. The summed E-state index contributed by atoms with van der Waals surface area (Å²) in [6.45, 7) is 7.75. The van der Waals surface area contributed by atoms with Gasteiger partial charge in [-0.2, -0.15) is 0 Å². The Hall–Kier alpha value is -1.82. The molecule has 0 heterocycles. The van der Waals surface area contributed by atoms with E-state index in [1.165, 1.54) is 0 Å². The van der Waals surface area contributed by atoms with Crippen LogP contribution in [0.3, 0.4) is 0 Å². The molecule has 0 fully saturated rings. The molecule has 0 aliphatic heterocycles. The zero-order valence-corrected chi connectivity index (χ0v) is 18.1. The molecule has 0 unspecified atom stereocenters. The Bertz CT molecular complexity index is 831. The van der Waals surface area contributed by atoms with Gasteiger partial charge in [0.1, 0.15) is 12.4 Å². The van der Waals surface area contributed by atoms with Crippen molar-refractivity contribution in [2.45, 2.75) is 11.8 Å². The van der Waals surface area contributed by atoms with Gasteiger partial charge in [0.25, 0.3) is 0 Å². The number of ether oxygens (including phenoxy) is 1. The third-order valence-corrected chi connectivity index (χ3v) is 5.19. The standard InChI is InChI=1S/C22H24BrNO2S/c1-4-13-24(3)14-5-6-15-26-20-12-11-19(16(2)22(20)27)21(25)17-7-9-18(23)10-8-17/h4-12,27H,1,13-15H2,2-3H3/b6-5+. The molecule has 0 atom stereocenters. The van der Waals surface area contributed by atoms with Crippen LogP contribution in [-0.4, -0.2) is 37.4 Å². The highest BCUT2D eigenvalue weighted by Gasteiger charge is 2.15. The van der Waals surface area contributed by atoms with E-state index in [0.29, 0.717) is 28.4 Å². The van der Waals surface area contributed by atoms with E-state index < -0.39 is 0 Å². The van der Waals surface area contributed by atoms with Crippen LogP contribution < -0.4 is 4.74 Å². The molecular weight excluding hydrogens is 422 g/mol. The number of halogens is 1. The van der Waals surface area contributed by atoms with Crippen molar-refractivity contribution in [2.24, 2.45) is 0 Å². The molecule has 0 aliphatic rings. The summed E-state index contributed by atoms with van der Waals surface area (Å²) in [5.74, 6) is 0.652. The fourth-order valence-electron chi connectivity index (χ4n) is 2.55. The largest absolute Gasteiger partial charge is 0.488 e. The molecule has 0 saturated heterocycles. The first kappa shape index (κ1) is 21.5. The van der Waals surface area contributed by atoms with Gasteiger partial charge in [0, 0.05) is 33.6 Å². The zero-order chi connectivity index (χ0) is 19.8. The molecule has 5 heteroatoms. The second-order valence-electron chi connectivity index (χ2n) is 6.21. The molecule has 0 saturated carbocycles. The molecule has 2 rings (SSSR count). The minimum Gasteiger partial charge on any atom is -0.488 e. The quantitative estimate of drug-likeness (QED) is 0.321. The monoisotopic (exact) mass is 445 g/mol. The van der Waals surface area contributed by atoms with E-state index in [0.717, 1.165) is 23.1 Å². The van der Waals surface area contributed by atoms with Gasteiger partial charge >= 0.3 is 0 Å². The molecule has 0 radical (unpaired) electrons. The maximum Gasteiger partial charge on any atom is 0.193 e. The van der Waals surface area contributed by atoms with Crippen molar-refractivity contribution in [3.8, 4) is 5.75 Å². The summed E-state index contributed by atoms with van der Waals surface area (Å²) < 4.78 is 6.74. The number of nitrogens with zero attached hydrogens (tertiary/aromatic N) is 1. The molecule has 2 aromatic carbocycles. The van der Waals surface area contributed by atoms with Gasteiger partial charge in [-0.15, -0.1) is 19.2 Å². The summed E-state index contributed by atoms with van der Waals surface area (Å²) in [6.07, 6.45) is 5.90. The number of benzene rings is 2. The van der Waals surface area contributed by atoms with E-state index >= 15 is 0 Å². The van der Waals surface area contributed by atoms with Gasteiger partial charge in [0.15, 0.2) is 5.78 Å². The van der Waals surface area contributed by atoms with Gasteiger partial charge in [0.2, 0.25) is 0 Å². The van der Waals surface area contributed by atoms with E-state index in [-0.39, 0.29) is 5.78 Å².